The van der Waals surface area contributed by atoms with Crippen molar-refractivity contribution in [1.29, 1.82) is 0 Å². The van der Waals surface area contributed by atoms with Crippen molar-refractivity contribution < 1.29 is 0 Å². The Morgan fingerprint density at radius 1 is 1.60 bits per heavy atom. The van der Waals surface area contributed by atoms with Crippen LogP contribution in [0.3, 0.4) is 0 Å². The minimum atomic E-state index is 0.138. The summed E-state index contributed by atoms with van der Waals surface area (Å²) in [5, 5.41) is 0. The molecule has 0 bridgehead atoms. The van der Waals surface area contributed by atoms with E-state index in [9.17, 15) is 4.79 Å². The first-order valence-corrected chi connectivity index (χ1v) is 5.61. The van der Waals surface area contributed by atoms with Gasteiger partial charge in [0, 0.05) is 18.3 Å². The SMILES string of the molecule is CC/C=C(\C)c1ccn(C2CC2)c(=O)c1. The first-order chi connectivity index (χ1) is 7.22. The van der Waals surface area contributed by atoms with E-state index in [0.29, 0.717) is 6.04 Å². The summed E-state index contributed by atoms with van der Waals surface area (Å²) in [5.74, 6) is 0. The normalized spacial score (nSPS) is 16.8. The lowest BCUT2D eigenvalue weighted by atomic mass is 10.1. The molecule has 1 aromatic heterocycles. The molecule has 0 unspecified atom stereocenters. The summed E-state index contributed by atoms with van der Waals surface area (Å²) in [7, 11) is 0. The molecule has 0 N–H and O–H groups in total. The van der Waals surface area contributed by atoms with Gasteiger partial charge in [0.05, 0.1) is 0 Å². The molecule has 1 aliphatic rings. The van der Waals surface area contributed by atoms with Crippen molar-refractivity contribution in [2.24, 2.45) is 0 Å². The molecule has 2 rings (SSSR count). The third-order valence-electron chi connectivity index (χ3n) is 2.85. The maximum atomic E-state index is 11.8. The zero-order valence-electron chi connectivity index (χ0n) is 9.36. The van der Waals surface area contributed by atoms with Crippen molar-refractivity contribution in [1.82, 2.24) is 4.57 Å². The summed E-state index contributed by atoms with van der Waals surface area (Å²) in [6.07, 6.45) is 7.40. The highest BCUT2D eigenvalue weighted by Gasteiger charge is 2.23. The van der Waals surface area contributed by atoms with Crippen LogP contribution in [0.4, 0.5) is 0 Å². The quantitative estimate of drug-likeness (QED) is 0.740. The minimum Gasteiger partial charge on any atom is -0.312 e. The van der Waals surface area contributed by atoms with Gasteiger partial charge in [-0.15, -0.1) is 0 Å². The standard InChI is InChI=1S/C13H17NO/c1-3-4-10(2)11-7-8-14(12-5-6-12)13(15)9-11/h4,7-9,12H,3,5-6H2,1-2H3/b10-4+. The summed E-state index contributed by atoms with van der Waals surface area (Å²) in [5.41, 5.74) is 2.38. The maximum Gasteiger partial charge on any atom is 0.251 e. The molecule has 0 atom stereocenters. The zero-order valence-corrected chi connectivity index (χ0v) is 9.36. The molecular formula is C13H17NO. The molecule has 0 amide bonds. The number of rotatable bonds is 3. The fraction of sp³-hybridized carbons (Fsp3) is 0.462. The summed E-state index contributed by atoms with van der Waals surface area (Å²) >= 11 is 0. The second kappa shape index (κ2) is 4.05. The molecular weight excluding hydrogens is 186 g/mol. The fourth-order valence-corrected chi connectivity index (χ4v) is 1.81. The third-order valence-corrected chi connectivity index (χ3v) is 2.85. The van der Waals surface area contributed by atoms with Crippen LogP contribution in [0, 0.1) is 0 Å². The first kappa shape index (κ1) is 10.2. The topological polar surface area (TPSA) is 22.0 Å². The Kier molecular flexibility index (Phi) is 2.76. The van der Waals surface area contributed by atoms with Crippen molar-refractivity contribution in [3.05, 3.63) is 40.3 Å². The molecule has 80 valence electrons. The lowest BCUT2D eigenvalue weighted by Crippen LogP contribution is -2.17. The predicted octanol–water partition coefficient (Wildman–Crippen LogP) is 3.00. The maximum absolute atomic E-state index is 11.8. The van der Waals surface area contributed by atoms with Crippen molar-refractivity contribution in [2.45, 2.75) is 39.2 Å². The molecule has 1 saturated carbocycles. The van der Waals surface area contributed by atoms with Crippen molar-refractivity contribution in [2.75, 3.05) is 0 Å². The van der Waals surface area contributed by atoms with Crippen LogP contribution in [0.15, 0.2) is 29.2 Å². The van der Waals surface area contributed by atoms with Gasteiger partial charge in [-0.3, -0.25) is 4.79 Å². The second-order valence-corrected chi connectivity index (χ2v) is 4.19. The Hall–Kier alpha value is -1.31. The van der Waals surface area contributed by atoms with Gasteiger partial charge >= 0.3 is 0 Å². The van der Waals surface area contributed by atoms with Crippen LogP contribution in [-0.2, 0) is 0 Å². The number of pyridine rings is 1. The zero-order chi connectivity index (χ0) is 10.8. The fourth-order valence-electron chi connectivity index (χ4n) is 1.81. The summed E-state index contributed by atoms with van der Waals surface area (Å²) in [6.45, 7) is 4.16. The number of allylic oxidation sites excluding steroid dienone is 2. The number of hydrogen-bond donors (Lipinski definition) is 0. The minimum absolute atomic E-state index is 0.138. The Labute approximate surface area is 90.2 Å². The Morgan fingerprint density at radius 3 is 2.87 bits per heavy atom. The van der Waals surface area contributed by atoms with Crippen LogP contribution in [0.5, 0.6) is 0 Å². The van der Waals surface area contributed by atoms with Crippen molar-refractivity contribution in [3.63, 3.8) is 0 Å². The molecule has 15 heavy (non-hydrogen) atoms. The average molecular weight is 203 g/mol. The van der Waals surface area contributed by atoms with Gasteiger partial charge in [0.2, 0.25) is 0 Å². The van der Waals surface area contributed by atoms with E-state index in [2.05, 4.69) is 19.9 Å². The Morgan fingerprint density at radius 2 is 2.33 bits per heavy atom. The molecule has 0 aromatic carbocycles. The summed E-state index contributed by atoms with van der Waals surface area (Å²) in [6, 6.07) is 4.27. The van der Waals surface area contributed by atoms with Crippen molar-refractivity contribution >= 4 is 5.57 Å². The molecule has 1 aliphatic carbocycles. The van der Waals surface area contributed by atoms with Crippen LogP contribution in [0.25, 0.3) is 5.57 Å². The highest BCUT2D eigenvalue weighted by Crippen LogP contribution is 2.33. The van der Waals surface area contributed by atoms with E-state index < -0.39 is 0 Å². The van der Waals surface area contributed by atoms with Crippen LogP contribution in [0.1, 0.15) is 44.7 Å². The van der Waals surface area contributed by atoms with Gasteiger partial charge in [-0.05, 0) is 43.4 Å². The van der Waals surface area contributed by atoms with E-state index in [1.807, 2.05) is 16.8 Å². The van der Waals surface area contributed by atoms with E-state index >= 15 is 0 Å². The second-order valence-electron chi connectivity index (χ2n) is 4.19. The number of hydrogen-bond acceptors (Lipinski definition) is 1. The van der Waals surface area contributed by atoms with E-state index in [-0.39, 0.29) is 5.56 Å². The van der Waals surface area contributed by atoms with E-state index in [1.165, 1.54) is 5.57 Å². The molecule has 0 aliphatic heterocycles. The van der Waals surface area contributed by atoms with Crippen LogP contribution < -0.4 is 5.56 Å². The van der Waals surface area contributed by atoms with Gasteiger partial charge < -0.3 is 4.57 Å². The lowest BCUT2D eigenvalue weighted by molar-refractivity contribution is 0.706. The highest BCUT2D eigenvalue weighted by molar-refractivity contribution is 5.62. The average Bonchev–Trinajstić information content (AvgIpc) is 3.01. The first-order valence-electron chi connectivity index (χ1n) is 5.61. The van der Waals surface area contributed by atoms with Gasteiger partial charge in [-0.25, -0.2) is 0 Å². The third kappa shape index (κ3) is 2.20. The molecule has 1 fully saturated rings. The lowest BCUT2D eigenvalue weighted by Gasteiger charge is -2.05. The summed E-state index contributed by atoms with van der Waals surface area (Å²) in [4.78, 5) is 11.8. The largest absolute Gasteiger partial charge is 0.312 e. The van der Waals surface area contributed by atoms with Crippen LogP contribution >= 0.6 is 0 Å². The van der Waals surface area contributed by atoms with E-state index in [4.69, 9.17) is 0 Å². The molecule has 0 spiro atoms. The Balaban J connectivity index is 2.32. The van der Waals surface area contributed by atoms with Gasteiger partial charge in [0.1, 0.15) is 0 Å². The van der Waals surface area contributed by atoms with E-state index in [0.717, 1.165) is 24.8 Å². The predicted molar refractivity (Wildman–Crippen MR) is 62.9 cm³/mol. The molecule has 2 heteroatoms. The molecule has 0 saturated heterocycles. The summed E-state index contributed by atoms with van der Waals surface area (Å²) < 4.78 is 1.85. The smallest absolute Gasteiger partial charge is 0.251 e. The number of nitrogens with zero attached hydrogens (tertiary/aromatic N) is 1. The monoisotopic (exact) mass is 203 g/mol. The van der Waals surface area contributed by atoms with Crippen LogP contribution in [-0.4, -0.2) is 4.57 Å². The van der Waals surface area contributed by atoms with Gasteiger partial charge in [-0.1, -0.05) is 13.0 Å². The van der Waals surface area contributed by atoms with E-state index in [1.54, 1.807) is 6.07 Å². The highest BCUT2D eigenvalue weighted by atomic mass is 16.1. The van der Waals surface area contributed by atoms with Gasteiger partial charge in [-0.2, -0.15) is 0 Å². The Bertz CT molecular complexity index is 438. The molecule has 2 nitrogen and oxygen atoms in total. The van der Waals surface area contributed by atoms with Crippen molar-refractivity contribution in [3.8, 4) is 0 Å². The van der Waals surface area contributed by atoms with Gasteiger partial charge in [0.25, 0.3) is 5.56 Å². The molecule has 0 radical (unpaired) electrons. The number of aromatic nitrogens is 1. The molecule has 1 aromatic rings. The van der Waals surface area contributed by atoms with Crippen LogP contribution in [0.2, 0.25) is 0 Å². The molecule has 1 heterocycles. The van der Waals surface area contributed by atoms with Gasteiger partial charge in [0.15, 0.2) is 0 Å².